The molecule has 0 radical (unpaired) electrons. The Morgan fingerprint density at radius 3 is 2.70 bits per heavy atom. The molecular formula is C29H35N7O. The molecule has 0 atom stereocenters. The average molecular weight is 498 g/mol. The van der Waals surface area contributed by atoms with E-state index in [1.54, 1.807) is 7.11 Å². The molecule has 8 heteroatoms. The summed E-state index contributed by atoms with van der Waals surface area (Å²) in [4.78, 5) is 11.6. The molecule has 0 saturated carbocycles. The summed E-state index contributed by atoms with van der Waals surface area (Å²) in [6, 6.07) is 12.6. The van der Waals surface area contributed by atoms with E-state index in [1.807, 2.05) is 47.4 Å². The van der Waals surface area contributed by atoms with E-state index in [2.05, 4.69) is 48.2 Å². The van der Waals surface area contributed by atoms with Crippen molar-refractivity contribution in [1.82, 2.24) is 19.5 Å². The van der Waals surface area contributed by atoms with Crippen LogP contribution in [0.4, 0.5) is 11.4 Å². The van der Waals surface area contributed by atoms with E-state index in [9.17, 15) is 0 Å². The van der Waals surface area contributed by atoms with E-state index in [0.29, 0.717) is 17.8 Å². The molecule has 1 fully saturated rings. The number of aryl methyl sites for hydroxylation is 2. The average Bonchev–Trinajstić information content (AvgIpc) is 3.34. The fourth-order valence-corrected chi connectivity index (χ4v) is 4.96. The predicted molar refractivity (Wildman–Crippen MR) is 150 cm³/mol. The van der Waals surface area contributed by atoms with E-state index >= 15 is 0 Å². The second-order valence-corrected chi connectivity index (χ2v) is 9.73. The van der Waals surface area contributed by atoms with Crippen molar-refractivity contribution in [3.63, 3.8) is 0 Å². The number of anilines is 1. The molecule has 4 heterocycles. The molecule has 3 N–H and O–H groups in total. The minimum atomic E-state index is 0.347. The first-order chi connectivity index (χ1) is 18.0. The van der Waals surface area contributed by atoms with Gasteiger partial charge in [0.2, 0.25) is 5.88 Å². The minimum Gasteiger partial charge on any atom is -0.481 e. The van der Waals surface area contributed by atoms with Crippen molar-refractivity contribution in [2.45, 2.75) is 39.2 Å². The zero-order chi connectivity index (χ0) is 25.9. The Hall–Kier alpha value is -3.91. The Morgan fingerprint density at radius 2 is 1.97 bits per heavy atom. The van der Waals surface area contributed by atoms with Crippen molar-refractivity contribution in [3.8, 4) is 17.0 Å². The van der Waals surface area contributed by atoms with E-state index in [0.717, 1.165) is 77.1 Å². The van der Waals surface area contributed by atoms with E-state index in [4.69, 9.17) is 20.6 Å². The molecule has 1 aliphatic heterocycles. The molecule has 0 bridgehead atoms. The SMILES string of the molecule is CCc1ccccc1N=C(N)c1cnn2cc(-c3cnc(OC)cc3C)cc2c1NC1CCN(C)CC1. The van der Waals surface area contributed by atoms with Gasteiger partial charge in [-0.05, 0) is 69.6 Å². The first kappa shape index (κ1) is 24.8. The number of piperidine rings is 1. The highest BCUT2D eigenvalue weighted by Gasteiger charge is 2.21. The highest BCUT2D eigenvalue weighted by atomic mass is 16.5. The number of amidine groups is 1. The van der Waals surface area contributed by atoms with Crippen molar-refractivity contribution in [3.05, 3.63) is 71.7 Å². The fraction of sp³-hybridized carbons (Fsp3) is 0.345. The largest absolute Gasteiger partial charge is 0.481 e. The van der Waals surface area contributed by atoms with Crippen molar-refractivity contribution < 1.29 is 4.74 Å². The molecular weight excluding hydrogens is 462 g/mol. The maximum absolute atomic E-state index is 6.67. The number of aromatic nitrogens is 3. The number of aliphatic imine (C=N–C) groups is 1. The van der Waals surface area contributed by atoms with Crippen LogP contribution in [0, 0.1) is 6.92 Å². The number of ether oxygens (including phenoxy) is 1. The summed E-state index contributed by atoms with van der Waals surface area (Å²) in [7, 11) is 3.80. The molecule has 0 amide bonds. The third-order valence-electron chi connectivity index (χ3n) is 7.20. The first-order valence-corrected chi connectivity index (χ1v) is 12.9. The van der Waals surface area contributed by atoms with Crippen LogP contribution < -0.4 is 15.8 Å². The number of benzene rings is 1. The number of fused-ring (bicyclic) bond motifs is 1. The molecule has 0 spiro atoms. The van der Waals surface area contributed by atoms with Gasteiger partial charge in [-0.25, -0.2) is 14.5 Å². The Kier molecular flexibility index (Phi) is 7.10. The molecule has 1 aromatic carbocycles. The number of para-hydroxylation sites is 1. The van der Waals surface area contributed by atoms with Crippen LogP contribution in [0.15, 0.2) is 60.0 Å². The van der Waals surface area contributed by atoms with E-state index in [-0.39, 0.29) is 0 Å². The van der Waals surface area contributed by atoms with Gasteiger partial charge in [-0.3, -0.25) is 0 Å². The lowest BCUT2D eigenvalue weighted by Crippen LogP contribution is -2.37. The van der Waals surface area contributed by atoms with Crippen LogP contribution in [0.5, 0.6) is 5.88 Å². The third-order valence-corrected chi connectivity index (χ3v) is 7.20. The lowest BCUT2D eigenvalue weighted by molar-refractivity contribution is 0.264. The second kappa shape index (κ2) is 10.6. The molecule has 37 heavy (non-hydrogen) atoms. The van der Waals surface area contributed by atoms with Crippen LogP contribution in [-0.4, -0.2) is 58.6 Å². The number of hydrogen-bond acceptors (Lipinski definition) is 6. The molecule has 0 aliphatic carbocycles. The maximum Gasteiger partial charge on any atom is 0.213 e. The van der Waals surface area contributed by atoms with Crippen LogP contribution in [0.25, 0.3) is 16.6 Å². The maximum atomic E-state index is 6.67. The van der Waals surface area contributed by atoms with Crippen LogP contribution >= 0.6 is 0 Å². The number of nitrogens with zero attached hydrogens (tertiary/aromatic N) is 5. The van der Waals surface area contributed by atoms with Gasteiger partial charge in [0.05, 0.1) is 35.8 Å². The van der Waals surface area contributed by atoms with Crippen LogP contribution in [0.2, 0.25) is 0 Å². The normalized spacial score (nSPS) is 15.3. The smallest absolute Gasteiger partial charge is 0.213 e. The molecule has 192 valence electrons. The van der Waals surface area contributed by atoms with E-state index < -0.39 is 0 Å². The molecule has 5 rings (SSSR count). The number of nitrogens with one attached hydrogen (secondary N) is 1. The summed E-state index contributed by atoms with van der Waals surface area (Å²) in [5.41, 5.74) is 14.6. The topological polar surface area (TPSA) is 93.1 Å². The number of pyridine rings is 1. The lowest BCUT2D eigenvalue weighted by atomic mass is 10.0. The highest BCUT2D eigenvalue weighted by molar-refractivity contribution is 6.06. The number of nitrogens with two attached hydrogens (primary N) is 1. The third kappa shape index (κ3) is 5.15. The van der Waals surface area contributed by atoms with Gasteiger partial charge in [0.15, 0.2) is 0 Å². The van der Waals surface area contributed by atoms with Crippen LogP contribution in [-0.2, 0) is 6.42 Å². The zero-order valence-corrected chi connectivity index (χ0v) is 22.0. The summed E-state index contributed by atoms with van der Waals surface area (Å²) >= 11 is 0. The van der Waals surface area contributed by atoms with Gasteiger partial charge in [0, 0.05) is 35.6 Å². The Balaban J connectivity index is 1.61. The summed E-state index contributed by atoms with van der Waals surface area (Å²) in [5, 5.41) is 8.55. The van der Waals surface area contributed by atoms with E-state index in [1.165, 1.54) is 0 Å². The predicted octanol–water partition coefficient (Wildman–Crippen LogP) is 4.82. The van der Waals surface area contributed by atoms with Gasteiger partial charge >= 0.3 is 0 Å². The minimum absolute atomic E-state index is 0.347. The van der Waals surface area contributed by atoms with Gasteiger partial charge in [-0.2, -0.15) is 5.10 Å². The molecule has 1 aliphatic rings. The summed E-state index contributed by atoms with van der Waals surface area (Å²) in [6.45, 7) is 6.31. The number of methoxy groups -OCH3 is 1. The quantitative estimate of drug-likeness (QED) is 0.281. The van der Waals surface area contributed by atoms with Gasteiger partial charge < -0.3 is 20.7 Å². The number of likely N-dealkylation sites (tertiary alicyclic amines) is 1. The Bertz CT molecular complexity index is 1430. The van der Waals surface area contributed by atoms with Crippen molar-refractivity contribution >= 4 is 22.7 Å². The molecule has 0 unspecified atom stereocenters. The monoisotopic (exact) mass is 497 g/mol. The lowest BCUT2D eigenvalue weighted by Gasteiger charge is -2.30. The zero-order valence-electron chi connectivity index (χ0n) is 22.0. The Labute approximate surface area is 218 Å². The van der Waals surface area contributed by atoms with Crippen molar-refractivity contribution in [2.75, 3.05) is 32.6 Å². The summed E-state index contributed by atoms with van der Waals surface area (Å²) in [5.74, 6) is 1.06. The molecule has 4 aromatic rings. The fourth-order valence-electron chi connectivity index (χ4n) is 4.96. The van der Waals surface area contributed by atoms with Gasteiger partial charge in [-0.1, -0.05) is 25.1 Å². The van der Waals surface area contributed by atoms with Crippen molar-refractivity contribution in [1.29, 1.82) is 0 Å². The molecule has 8 nitrogen and oxygen atoms in total. The van der Waals surface area contributed by atoms with Gasteiger partial charge in [0.25, 0.3) is 0 Å². The Morgan fingerprint density at radius 1 is 1.19 bits per heavy atom. The molecule has 3 aromatic heterocycles. The standard InChI is InChI=1S/C29H35N7O/c1-5-20-8-6-7-9-25(20)34-29(30)24-17-32-36-18-21(23-16-31-27(37-4)14-19(23)2)15-26(36)28(24)33-22-10-12-35(3)13-11-22/h6-9,14-18,22,33H,5,10-13H2,1-4H3,(H2,30,34). The highest BCUT2D eigenvalue weighted by Crippen LogP contribution is 2.32. The van der Waals surface area contributed by atoms with Crippen LogP contribution in [0.3, 0.4) is 0 Å². The number of hydrogen-bond donors (Lipinski definition) is 2. The second-order valence-electron chi connectivity index (χ2n) is 9.73. The van der Waals surface area contributed by atoms with Gasteiger partial charge in [-0.15, -0.1) is 0 Å². The number of rotatable bonds is 7. The summed E-state index contributed by atoms with van der Waals surface area (Å²) < 4.78 is 7.20. The van der Waals surface area contributed by atoms with Crippen LogP contribution in [0.1, 0.15) is 36.5 Å². The summed E-state index contributed by atoms with van der Waals surface area (Å²) in [6.07, 6.45) is 8.73. The first-order valence-electron chi connectivity index (χ1n) is 12.9. The van der Waals surface area contributed by atoms with Gasteiger partial charge in [0.1, 0.15) is 5.84 Å². The molecule has 1 saturated heterocycles. The van der Waals surface area contributed by atoms with Crippen molar-refractivity contribution in [2.24, 2.45) is 10.7 Å².